The molecule has 0 aromatic heterocycles. The second-order valence-corrected chi connectivity index (χ2v) is 5.67. The highest BCUT2D eigenvalue weighted by atomic mass is 16.5. The Bertz CT molecular complexity index is 383. The van der Waals surface area contributed by atoms with Crippen LogP contribution in [0.5, 0.6) is 11.5 Å². The zero-order valence-corrected chi connectivity index (χ0v) is 14.1. The highest BCUT2D eigenvalue weighted by Crippen LogP contribution is 2.23. The standard InChI is InChI=1S/C19H30O3/c1-3-5-7-9-11-21-18-13-17(16-20)14-19(15-18)22-12-10-8-6-4-2/h13-16H,3-12H2,1-2H3. The van der Waals surface area contributed by atoms with Crippen molar-refractivity contribution < 1.29 is 14.3 Å². The molecule has 0 aliphatic heterocycles. The Balaban J connectivity index is 2.44. The fraction of sp³-hybridized carbons (Fsp3) is 0.632. The molecule has 0 radical (unpaired) electrons. The molecule has 0 aliphatic rings. The van der Waals surface area contributed by atoms with Crippen molar-refractivity contribution in [1.29, 1.82) is 0 Å². The van der Waals surface area contributed by atoms with Crippen LogP contribution in [0.2, 0.25) is 0 Å². The molecule has 0 N–H and O–H groups in total. The first-order valence-corrected chi connectivity index (χ1v) is 8.66. The fourth-order valence-electron chi connectivity index (χ4n) is 2.27. The van der Waals surface area contributed by atoms with Crippen molar-refractivity contribution in [2.24, 2.45) is 0 Å². The van der Waals surface area contributed by atoms with Gasteiger partial charge in [0.1, 0.15) is 17.8 Å². The number of aldehydes is 1. The van der Waals surface area contributed by atoms with Crippen molar-refractivity contribution in [2.75, 3.05) is 13.2 Å². The molecular weight excluding hydrogens is 276 g/mol. The minimum atomic E-state index is 0.606. The van der Waals surface area contributed by atoms with Gasteiger partial charge >= 0.3 is 0 Å². The van der Waals surface area contributed by atoms with E-state index in [9.17, 15) is 4.79 Å². The van der Waals surface area contributed by atoms with E-state index in [1.54, 1.807) is 12.1 Å². The number of hydrogen-bond donors (Lipinski definition) is 0. The highest BCUT2D eigenvalue weighted by molar-refractivity contribution is 5.76. The molecule has 0 spiro atoms. The average Bonchev–Trinajstić information content (AvgIpc) is 2.54. The van der Waals surface area contributed by atoms with Crippen molar-refractivity contribution >= 4 is 6.29 Å². The van der Waals surface area contributed by atoms with E-state index in [0.29, 0.717) is 18.8 Å². The Hall–Kier alpha value is -1.51. The topological polar surface area (TPSA) is 35.5 Å². The maximum absolute atomic E-state index is 11.0. The van der Waals surface area contributed by atoms with Gasteiger partial charge in [0.25, 0.3) is 0 Å². The number of carbonyl (C=O) groups is 1. The van der Waals surface area contributed by atoms with Gasteiger partial charge in [-0.15, -0.1) is 0 Å². The van der Waals surface area contributed by atoms with Crippen LogP contribution in [0.4, 0.5) is 0 Å². The van der Waals surface area contributed by atoms with E-state index in [1.165, 1.54) is 38.5 Å². The monoisotopic (exact) mass is 306 g/mol. The van der Waals surface area contributed by atoms with Crippen LogP contribution < -0.4 is 9.47 Å². The lowest BCUT2D eigenvalue weighted by atomic mass is 10.2. The van der Waals surface area contributed by atoms with Crippen LogP contribution in [-0.2, 0) is 0 Å². The number of unbranched alkanes of at least 4 members (excludes halogenated alkanes) is 6. The summed E-state index contributed by atoms with van der Waals surface area (Å²) in [6.07, 6.45) is 10.2. The fourth-order valence-corrected chi connectivity index (χ4v) is 2.27. The minimum absolute atomic E-state index is 0.606. The third-order valence-corrected chi connectivity index (χ3v) is 3.57. The second kappa shape index (κ2) is 12.1. The Labute approximate surface area is 135 Å². The molecule has 0 atom stereocenters. The molecule has 0 saturated carbocycles. The largest absolute Gasteiger partial charge is 0.493 e. The zero-order chi connectivity index (χ0) is 16.0. The van der Waals surface area contributed by atoms with Gasteiger partial charge in [0.05, 0.1) is 13.2 Å². The highest BCUT2D eigenvalue weighted by Gasteiger charge is 2.03. The summed E-state index contributed by atoms with van der Waals surface area (Å²) in [4.78, 5) is 11.0. The summed E-state index contributed by atoms with van der Waals surface area (Å²) in [5, 5.41) is 0. The molecule has 0 bridgehead atoms. The summed E-state index contributed by atoms with van der Waals surface area (Å²) in [5.41, 5.74) is 0.606. The quantitative estimate of drug-likeness (QED) is 0.361. The summed E-state index contributed by atoms with van der Waals surface area (Å²) in [6.45, 7) is 5.77. The normalized spacial score (nSPS) is 10.5. The van der Waals surface area contributed by atoms with Gasteiger partial charge in [0.15, 0.2) is 0 Å². The molecule has 1 rings (SSSR count). The molecule has 0 fully saturated rings. The lowest BCUT2D eigenvalue weighted by Gasteiger charge is -2.11. The Morgan fingerprint density at radius 1 is 0.773 bits per heavy atom. The van der Waals surface area contributed by atoms with E-state index in [0.717, 1.165) is 30.6 Å². The van der Waals surface area contributed by atoms with Crippen molar-refractivity contribution in [3.8, 4) is 11.5 Å². The molecule has 124 valence electrons. The molecule has 0 amide bonds. The number of carbonyl (C=O) groups excluding carboxylic acids is 1. The van der Waals surface area contributed by atoms with Crippen molar-refractivity contribution in [2.45, 2.75) is 65.2 Å². The van der Waals surface area contributed by atoms with E-state index in [-0.39, 0.29) is 0 Å². The van der Waals surface area contributed by atoms with Crippen LogP contribution in [0.1, 0.15) is 75.6 Å². The van der Waals surface area contributed by atoms with E-state index in [2.05, 4.69) is 13.8 Å². The van der Waals surface area contributed by atoms with Gasteiger partial charge in [0.2, 0.25) is 0 Å². The summed E-state index contributed by atoms with van der Waals surface area (Å²) in [5.74, 6) is 1.45. The maximum atomic E-state index is 11.0. The van der Waals surface area contributed by atoms with Crippen molar-refractivity contribution in [1.82, 2.24) is 0 Å². The lowest BCUT2D eigenvalue weighted by molar-refractivity contribution is 0.112. The Kier molecular flexibility index (Phi) is 10.2. The van der Waals surface area contributed by atoms with Gasteiger partial charge in [-0.2, -0.15) is 0 Å². The molecule has 0 unspecified atom stereocenters. The average molecular weight is 306 g/mol. The first-order valence-electron chi connectivity index (χ1n) is 8.66. The lowest BCUT2D eigenvalue weighted by Crippen LogP contribution is -2.01. The van der Waals surface area contributed by atoms with Crippen LogP contribution in [0.15, 0.2) is 18.2 Å². The van der Waals surface area contributed by atoms with Crippen LogP contribution >= 0.6 is 0 Å². The SMILES string of the molecule is CCCCCCOc1cc(C=O)cc(OCCCCCC)c1. The van der Waals surface area contributed by atoms with Crippen LogP contribution in [-0.4, -0.2) is 19.5 Å². The summed E-state index contributed by atoms with van der Waals surface area (Å²) in [7, 11) is 0. The third-order valence-electron chi connectivity index (χ3n) is 3.57. The minimum Gasteiger partial charge on any atom is -0.493 e. The number of benzene rings is 1. The van der Waals surface area contributed by atoms with Crippen LogP contribution in [0.25, 0.3) is 0 Å². The molecule has 0 saturated heterocycles. The molecule has 0 heterocycles. The molecule has 1 aromatic carbocycles. The second-order valence-electron chi connectivity index (χ2n) is 5.67. The summed E-state index contributed by atoms with van der Waals surface area (Å²) in [6, 6.07) is 5.43. The first-order chi connectivity index (χ1) is 10.8. The van der Waals surface area contributed by atoms with Gasteiger partial charge in [-0.05, 0) is 25.0 Å². The summed E-state index contributed by atoms with van der Waals surface area (Å²) < 4.78 is 11.5. The van der Waals surface area contributed by atoms with Gasteiger partial charge < -0.3 is 9.47 Å². The van der Waals surface area contributed by atoms with Gasteiger partial charge in [0, 0.05) is 11.6 Å². The zero-order valence-electron chi connectivity index (χ0n) is 14.1. The van der Waals surface area contributed by atoms with E-state index >= 15 is 0 Å². The molecular formula is C19H30O3. The predicted octanol–water partition coefficient (Wildman–Crippen LogP) is 5.42. The molecule has 3 nitrogen and oxygen atoms in total. The van der Waals surface area contributed by atoms with Crippen LogP contribution in [0, 0.1) is 0 Å². The molecule has 1 aromatic rings. The maximum Gasteiger partial charge on any atom is 0.150 e. The smallest absolute Gasteiger partial charge is 0.150 e. The first kappa shape index (κ1) is 18.5. The van der Waals surface area contributed by atoms with Gasteiger partial charge in [-0.1, -0.05) is 52.4 Å². The number of rotatable bonds is 13. The predicted molar refractivity (Wildman–Crippen MR) is 91.1 cm³/mol. The summed E-state index contributed by atoms with van der Waals surface area (Å²) >= 11 is 0. The Morgan fingerprint density at radius 3 is 1.68 bits per heavy atom. The molecule has 0 aliphatic carbocycles. The molecule has 22 heavy (non-hydrogen) atoms. The van der Waals surface area contributed by atoms with Gasteiger partial charge in [-0.25, -0.2) is 0 Å². The van der Waals surface area contributed by atoms with Crippen LogP contribution in [0.3, 0.4) is 0 Å². The number of hydrogen-bond acceptors (Lipinski definition) is 3. The molecule has 3 heteroatoms. The van der Waals surface area contributed by atoms with E-state index in [4.69, 9.17) is 9.47 Å². The van der Waals surface area contributed by atoms with Gasteiger partial charge in [-0.3, -0.25) is 4.79 Å². The van der Waals surface area contributed by atoms with E-state index in [1.807, 2.05) is 6.07 Å². The Morgan fingerprint density at radius 2 is 1.27 bits per heavy atom. The number of ether oxygens (including phenoxy) is 2. The van der Waals surface area contributed by atoms with Crippen molar-refractivity contribution in [3.05, 3.63) is 23.8 Å². The van der Waals surface area contributed by atoms with Crippen molar-refractivity contribution in [3.63, 3.8) is 0 Å². The third kappa shape index (κ3) is 8.06. The van der Waals surface area contributed by atoms with E-state index < -0.39 is 0 Å².